The Morgan fingerprint density at radius 3 is 2.22 bits per heavy atom. The monoisotopic (exact) mass is 448 g/mol. The molecule has 2 heterocycles. The van der Waals surface area contributed by atoms with E-state index in [9.17, 15) is 13.2 Å². The van der Waals surface area contributed by atoms with Crippen molar-refractivity contribution in [2.75, 3.05) is 37.7 Å². The lowest BCUT2D eigenvalue weighted by Gasteiger charge is -2.26. The SMILES string of the molecule is O=C(c1ccc(-c2ccccc2)cc1)N1CCc2cc(S(=O)(=O)N3CCOCC3)ccc21. The summed E-state index contributed by atoms with van der Waals surface area (Å²) in [5, 5.41) is 0. The van der Waals surface area contributed by atoms with E-state index in [-0.39, 0.29) is 10.8 Å². The Balaban J connectivity index is 1.37. The van der Waals surface area contributed by atoms with Crippen molar-refractivity contribution in [3.05, 3.63) is 83.9 Å². The van der Waals surface area contributed by atoms with Crippen LogP contribution in [-0.2, 0) is 21.2 Å². The van der Waals surface area contributed by atoms with Crippen molar-refractivity contribution in [2.24, 2.45) is 0 Å². The summed E-state index contributed by atoms with van der Waals surface area (Å²) >= 11 is 0. The summed E-state index contributed by atoms with van der Waals surface area (Å²) in [5.41, 5.74) is 4.44. The fourth-order valence-corrected chi connectivity index (χ4v) is 5.74. The summed E-state index contributed by atoms with van der Waals surface area (Å²) in [6.45, 7) is 2.09. The Morgan fingerprint density at radius 1 is 0.812 bits per heavy atom. The normalized spacial score (nSPS) is 16.7. The van der Waals surface area contributed by atoms with Gasteiger partial charge in [-0.15, -0.1) is 0 Å². The number of sulfonamides is 1. The molecule has 1 fully saturated rings. The number of amides is 1. The lowest BCUT2D eigenvalue weighted by Crippen LogP contribution is -2.40. The first-order chi connectivity index (χ1) is 15.5. The van der Waals surface area contributed by atoms with Crippen LogP contribution in [-0.4, -0.2) is 51.5 Å². The summed E-state index contributed by atoms with van der Waals surface area (Å²) in [6.07, 6.45) is 0.635. The third-order valence-corrected chi connectivity index (χ3v) is 7.93. The lowest BCUT2D eigenvalue weighted by molar-refractivity contribution is 0.0730. The van der Waals surface area contributed by atoms with Crippen LogP contribution in [0.25, 0.3) is 11.1 Å². The van der Waals surface area contributed by atoms with Crippen LogP contribution in [0.15, 0.2) is 77.7 Å². The van der Waals surface area contributed by atoms with E-state index < -0.39 is 10.0 Å². The third kappa shape index (κ3) is 3.83. The van der Waals surface area contributed by atoms with Gasteiger partial charge >= 0.3 is 0 Å². The average Bonchev–Trinajstić information content (AvgIpc) is 3.28. The van der Waals surface area contributed by atoms with Gasteiger partial charge in [0.05, 0.1) is 18.1 Å². The van der Waals surface area contributed by atoms with Crippen LogP contribution >= 0.6 is 0 Å². The summed E-state index contributed by atoms with van der Waals surface area (Å²) in [7, 11) is -3.55. The zero-order valence-corrected chi connectivity index (χ0v) is 18.4. The van der Waals surface area contributed by atoms with Crippen LogP contribution in [0.4, 0.5) is 5.69 Å². The molecule has 5 rings (SSSR count). The first kappa shape index (κ1) is 20.9. The zero-order valence-electron chi connectivity index (χ0n) is 17.6. The van der Waals surface area contributed by atoms with E-state index in [1.807, 2.05) is 54.6 Å². The van der Waals surface area contributed by atoms with Gasteiger partial charge in [0.1, 0.15) is 0 Å². The quantitative estimate of drug-likeness (QED) is 0.612. The van der Waals surface area contributed by atoms with Crippen molar-refractivity contribution >= 4 is 21.6 Å². The van der Waals surface area contributed by atoms with E-state index in [0.29, 0.717) is 44.8 Å². The molecule has 0 bridgehead atoms. The molecule has 0 saturated carbocycles. The highest BCUT2D eigenvalue weighted by Gasteiger charge is 2.30. The molecule has 32 heavy (non-hydrogen) atoms. The number of hydrogen-bond acceptors (Lipinski definition) is 4. The average molecular weight is 449 g/mol. The first-order valence-corrected chi connectivity index (χ1v) is 12.2. The van der Waals surface area contributed by atoms with Crippen molar-refractivity contribution < 1.29 is 17.9 Å². The van der Waals surface area contributed by atoms with Crippen LogP contribution in [0.2, 0.25) is 0 Å². The van der Waals surface area contributed by atoms with Gasteiger partial charge in [0.25, 0.3) is 5.91 Å². The number of rotatable bonds is 4. The molecule has 0 radical (unpaired) electrons. The number of carbonyl (C=O) groups excluding carboxylic acids is 1. The molecule has 6 nitrogen and oxygen atoms in total. The standard InChI is InChI=1S/C25H24N2O4S/c28-25(21-8-6-20(7-9-21)19-4-2-1-3-5-19)27-13-12-22-18-23(10-11-24(22)27)32(29,30)26-14-16-31-17-15-26/h1-11,18H,12-17H2. The van der Waals surface area contributed by atoms with Gasteiger partial charge in [-0.2, -0.15) is 4.31 Å². The maximum Gasteiger partial charge on any atom is 0.258 e. The second kappa shape index (κ2) is 8.50. The Labute approximate surface area is 188 Å². The van der Waals surface area contributed by atoms with Gasteiger partial charge in [-0.05, 0) is 53.4 Å². The van der Waals surface area contributed by atoms with Gasteiger partial charge in [0.2, 0.25) is 10.0 Å². The lowest BCUT2D eigenvalue weighted by atomic mass is 10.0. The molecule has 3 aromatic carbocycles. The van der Waals surface area contributed by atoms with Crippen LogP contribution in [0.5, 0.6) is 0 Å². The highest BCUT2D eigenvalue weighted by atomic mass is 32.2. The van der Waals surface area contributed by atoms with Crippen LogP contribution in [0.1, 0.15) is 15.9 Å². The topological polar surface area (TPSA) is 66.9 Å². The van der Waals surface area contributed by atoms with Gasteiger partial charge in [0, 0.05) is 30.9 Å². The molecule has 0 aromatic heterocycles. The Hall–Kier alpha value is -3.00. The molecule has 0 spiro atoms. The van der Waals surface area contributed by atoms with Crippen molar-refractivity contribution in [1.29, 1.82) is 0 Å². The van der Waals surface area contributed by atoms with Crippen LogP contribution < -0.4 is 4.90 Å². The molecule has 164 valence electrons. The Morgan fingerprint density at radius 2 is 1.50 bits per heavy atom. The van der Waals surface area contributed by atoms with Crippen molar-refractivity contribution in [2.45, 2.75) is 11.3 Å². The second-order valence-corrected chi connectivity index (χ2v) is 9.90. The maximum atomic E-state index is 13.2. The summed E-state index contributed by atoms with van der Waals surface area (Å²) < 4.78 is 32.7. The van der Waals surface area contributed by atoms with Crippen molar-refractivity contribution in [3.63, 3.8) is 0 Å². The molecular formula is C25H24N2O4S. The fourth-order valence-electron chi connectivity index (χ4n) is 4.28. The molecule has 2 aliphatic heterocycles. The maximum absolute atomic E-state index is 13.2. The smallest absolute Gasteiger partial charge is 0.258 e. The van der Waals surface area contributed by atoms with Gasteiger partial charge in [-0.1, -0.05) is 42.5 Å². The number of carbonyl (C=O) groups is 1. The molecule has 3 aromatic rings. The van der Waals surface area contributed by atoms with E-state index in [1.165, 1.54) is 4.31 Å². The van der Waals surface area contributed by atoms with Gasteiger partial charge in [0.15, 0.2) is 0 Å². The summed E-state index contributed by atoms with van der Waals surface area (Å²) in [4.78, 5) is 15.2. The van der Waals surface area contributed by atoms with Crippen molar-refractivity contribution in [1.82, 2.24) is 4.31 Å². The minimum Gasteiger partial charge on any atom is -0.379 e. The second-order valence-electron chi connectivity index (χ2n) is 7.96. The fraction of sp³-hybridized carbons (Fsp3) is 0.240. The predicted octanol–water partition coefficient (Wildman–Crippen LogP) is 3.58. The van der Waals surface area contributed by atoms with Gasteiger partial charge < -0.3 is 9.64 Å². The largest absolute Gasteiger partial charge is 0.379 e. The van der Waals surface area contributed by atoms with E-state index in [1.54, 1.807) is 23.1 Å². The van der Waals surface area contributed by atoms with Crippen LogP contribution in [0, 0.1) is 0 Å². The molecule has 0 aliphatic carbocycles. The molecule has 0 atom stereocenters. The predicted molar refractivity (Wildman–Crippen MR) is 123 cm³/mol. The molecule has 0 unspecified atom stereocenters. The number of nitrogens with zero attached hydrogens (tertiary/aromatic N) is 2. The highest BCUT2D eigenvalue weighted by molar-refractivity contribution is 7.89. The summed E-state index contributed by atoms with van der Waals surface area (Å²) in [5.74, 6) is -0.0767. The van der Waals surface area contributed by atoms with E-state index in [4.69, 9.17) is 4.74 Å². The van der Waals surface area contributed by atoms with Gasteiger partial charge in [-0.25, -0.2) is 8.42 Å². The number of morpholine rings is 1. The third-order valence-electron chi connectivity index (χ3n) is 6.04. The number of benzene rings is 3. The Kier molecular flexibility index (Phi) is 5.55. The zero-order chi connectivity index (χ0) is 22.1. The van der Waals surface area contributed by atoms with Crippen LogP contribution in [0.3, 0.4) is 0 Å². The molecule has 7 heteroatoms. The minimum atomic E-state index is -3.55. The number of fused-ring (bicyclic) bond motifs is 1. The van der Waals surface area contributed by atoms with Crippen molar-refractivity contribution in [3.8, 4) is 11.1 Å². The molecule has 1 saturated heterocycles. The molecule has 2 aliphatic rings. The number of hydrogen-bond donors (Lipinski definition) is 0. The molecule has 1 amide bonds. The Bertz CT molecular complexity index is 1230. The molecule has 0 N–H and O–H groups in total. The molecular weight excluding hydrogens is 424 g/mol. The van der Waals surface area contributed by atoms with E-state index in [0.717, 1.165) is 22.4 Å². The van der Waals surface area contributed by atoms with E-state index >= 15 is 0 Å². The van der Waals surface area contributed by atoms with Gasteiger partial charge in [-0.3, -0.25) is 4.79 Å². The number of ether oxygens (including phenoxy) is 1. The van der Waals surface area contributed by atoms with E-state index in [2.05, 4.69) is 0 Å². The summed E-state index contributed by atoms with van der Waals surface area (Å²) in [6, 6.07) is 22.7. The highest BCUT2D eigenvalue weighted by Crippen LogP contribution is 2.32. The first-order valence-electron chi connectivity index (χ1n) is 10.7. The minimum absolute atomic E-state index is 0.0767. The number of anilines is 1.